The largest absolute Gasteiger partial charge is 0.492 e. The van der Waals surface area contributed by atoms with Crippen LogP contribution in [0.15, 0.2) is 24.3 Å². The SMILES string of the molecule is Cc1cccc(OCC(CCl)NC(C)C)c1. The summed E-state index contributed by atoms with van der Waals surface area (Å²) in [6, 6.07) is 8.66. The highest BCUT2D eigenvalue weighted by atomic mass is 35.5. The van der Waals surface area contributed by atoms with Gasteiger partial charge in [-0.15, -0.1) is 11.6 Å². The summed E-state index contributed by atoms with van der Waals surface area (Å²) in [6.07, 6.45) is 0. The zero-order valence-electron chi connectivity index (χ0n) is 10.2. The van der Waals surface area contributed by atoms with Crippen molar-refractivity contribution in [2.45, 2.75) is 32.9 Å². The van der Waals surface area contributed by atoms with Crippen molar-refractivity contribution in [3.05, 3.63) is 29.8 Å². The predicted octanol–water partition coefficient (Wildman–Crippen LogP) is 2.98. The molecule has 1 rings (SSSR count). The minimum absolute atomic E-state index is 0.196. The molecular weight excluding hydrogens is 222 g/mol. The van der Waals surface area contributed by atoms with Gasteiger partial charge < -0.3 is 10.1 Å². The molecule has 0 aliphatic carbocycles. The summed E-state index contributed by atoms with van der Waals surface area (Å²) in [7, 11) is 0. The number of ether oxygens (including phenoxy) is 1. The normalized spacial score (nSPS) is 12.8. The molecule has 1 aromatic carbocycles. The van der Waals surface area contributed by atoms with Gasteiger partial charge in [-0.1, -0.05) is 26.0 Å². The second-order valence-corrected chi connectivity index (χ2v) is 4.61. The highest BCUT2D eigenvalue weighted by molar-refractivity contribution is 6.18. The average Bonchev–Trinajstić information content (AvgIpc) is 2.24. The van der Waals surface area contributed by atoms with Crippen LogP contribution in [0.5, 0.6) is 5.75 Å². The Kier molecular flexibility index (Phi) is 5.64. The van der Waals surface area contributed by atoms with Crippen molar-refractivity contribution >= 4 is 11.6 Å². The molecule has 0 saturated carbocycles. The molecule has 3 heteroatoms. The monoisotopic (exact) mass is 241 g/mol. The molecule has 1 atom stereocenters. The number of aryl methyl sites for hydroxylation is 1. The van der Waals surface area contributed by atoms with E-state index >= 15 is 0 Å². The molecule has 0 spiro atoms. The van der Waals surface area contributed by atoms with Crippen LogP contribution in [0, 0.1) is 6.92 Å². The van der Waals surface area contributed by atoms with Gasteiger partial charge in [-0.25, -0.2) is 0 Å². The summed E-state index contributed by atoms with van der Waals surface area (Å²) < 4.78 is 5.69. The first-order valence-corrected chi connectivity index (χ1v) is 6.16. The van der Waals surface area contributed by atoms with E-state index in [1.54, 1.807) is 0 Å². The second kappa shape index (κ2) is 6.77. The lowest BCUT2D eigenvalue weighted by atomic mass is 10.2. The van der Waals surface area contributed by atoms with E-state index in [4.69, 9.17) is 16.3 Å². The van der Waals surface area contributed by atoms with E-state index in [2.05, 4.69) is 32.2 Å². The molecule has 90 valence electrons. The first-order chi connectivity index (χ1) is 7.61. The summed E-state index contributed by atoms with van der Waals surface area (Å²) in [5.41, 5.74) is 1.21. The van der Waals surface area contributed by atoms with Crippen LogP contribution in [0.2, 0.25) is 0 Å². The van der Waals surface area contributed by atoms with Crippen molar-refractivity contribution in [1.82, 2.24) is 5.32 Å². The molecule has 0 amide bonds. The van der Waals surface area contributed by atoms with E-state index in [0.29, 0.717) is 18.5 Å². The third kappa shape index (κ3) is 4.86. The fraction of sp³-hybridized carbons (Fsp3) is 0.538. The molecule has 0 aliphatic rings. The first-order valence-electron chi connectivity index (χ1n) is 5.63. The summed E-state index contributed by atoms with van der Waals surface area (Å²) in [4.78, 5) is 0. The Balaban J connectivity index is 2.43. The van der Waals surface area contributed by atoms with Crippen molar-refractivity contribution in [1.29, 1.82) is 0 Å². The third-order valence-corrected chi connectivity index (χ3v) is 2.57. The first kappa shape index (κ1) is 13.3. The van der Waals surface area contributed by atoms with Crippen molar-refractivity contribution < 1.29 is 4.74 Å². The number of hydrogen-bond acceptors (Lipinski definition) is 2. The second-order valence-electron chi connectivity index (χ2n) is 4.30. The number of alkyl halides is 1. The number of halogens is 1. The van der Waals surface area contributed by atoms with Gasteiger partial charge in [0.1, 0.15) is 12.4 Å². The molecule has 0 fully saturated rings. The maximum atomic E-state index is 5.87. The van der Waals surface area contributed by atoms with Crippen LogP contribution in [-0.4, -0.2) is 24.6 Å². The highest BCUT2D eigenvalue weighted by Gasteiger charge is 2.09. The van der Waals surface area contributed by atoms with E-state index in [9.17, 15) is 0 Å². The van der Waals surface area contributed by atoms with Gasteiger partial charge in [0, 0.05) is 11.9 Å². The minimum atomic E-state index is 0.196. The van der Waals surface area contributed by atoms with Crippen molar-refractivity contribution in [3.8, 4) is 5.75 Å². The molecule has 2 nitrogen and oxygen atoms in total. The van der Waals surface area contributed by atoms with Crippen LogP contribution in [0.1, 0.15) is 19.4 Å². The van der Waals surface area contributed by atoms with Crippen molar-refractivity contribution in [3.63, 3.8) is 0 Å². The standard InChI is InChI=1S/C13H20ClNO/c1-10(2)15-12(8-14)9-16-13-6-4-5-11(3)7-13/h4-7,10,12,15H,8-9H2,1-3H3. The fourth-order valence-electron chi connectivity index (χ4n) is 1.51. The minimum Gasteiger partial charge on any atom is -0.492 e. The lowest BCUT2D eigenvalue weighted by Crippen LogP contribution is -2.40. The van der Waals surface area contributed by atoms with Gasteiger partial charge in [0.25, 0.3) is 0 Å². The number of benzene rings is 1. The fourth-order valence-corrected chi connectivity index (χ4v) is 1.69. The lowest BCUT2D eigenvalue weighted by molar-refractivity contribution is 0.267. The van der Waals surface area contributed by atoms with Crippen LogP contribution in [0.3, 0.4) is 0 Å². The molecule has 0 bridgehead atoms. The Labute approximate surface area is 103 Å². The molecule has 0 heterocycles. The zero-order chi connectivity index (χ0) is 12.0. The smallest absolute Gasteiger partial charge is 0.119 e. The van der Waals surface area contributed by atoms with Gasteiger partial charge in [0.15, 0.2) is 0 Å². The Morgan fingerprint density at radius 2 is 2.12 bits per heavy atom. The quantitative estimate of drug-likeness (QED) is 0.774. The lowest BCUT2D eigenvalue weighted by Gasteiger charge is -2.19. The van der Waals surface area contributed by atoms with Crippen LogP contribution in [-0.2, 0) is 0 Å². The molecule has 0 aliphatic heterocycles. The van der Waals surface area contributed by atoms with Crippen molar-refractivity contribution in [2.75, 3.05) is 12.5 Å². The molecule has 1 unspecified atom stereocenters. The summed E-state index contributed by atoms with van der Waals surface area (Å²) >= 11 is 5.87. The average molecular weight is 242 g/mol. The maximum absolute atomic E-state index is 5.87. The Morgan fingerprint density at radius 3 is 2.69 bits per heavy atom. The van der Waals surface area contributed by atoms with Crippen LogP contribution in [0.4, 0.5) is 0 Å². The van der Waals surface area contributed by atoms with E-state index < -0.39 is 0 Å². The number of rotatable bonds is 6. The molecule has 16 heavy (non-hydrogen) atoms. The maximum Gasteiger partial charge on any atom is 0.119 e. The Hall–Kier alpha value is -0.730. The van der Waals surface area contributed by atoms with Gasteiger partial charge >= 0.3 is 0 Å². The van der Waals surface area contributed by atoms with Crippen LogP contribution >= 0.6 is 11.6 Å². The molecule has 0 saturated heterocycles. The number of hydrogen-bond donors (Lipinski definition) is 1. The van der Waals surface area contributed by atoms with Crippen molar-refractivity contribution in [2.24, 2.45) is 0 Å². The molecule has 0 aromatic heterocycles. The van der Waals surface area contributed by atoms with Gasteiger partial charge in [-0.3, -0.25) is 0 Å². The molecular formula is C13H20ClNO. The van der Waals surface area contributed by atoms with E-state index in [1.807, 2.05) is 18.2 Å². The third-order valence-electron chi connectivity index (χ3n) is 2.20. The highest BCUT2D eigenvalue weighted by Crippen LogP contribution is 2.12. The molecule has 0 radical (unpaired) electrons. The number of nitrogens with one attached hydrogen (secondary N) is 1. The topological polar surface area (TPSA) is 21.3 Å². The van der Waals surface area contributed by atoms with E-state index in [1.165, 1.54) is 5.56 Å². The van der Waals surface area contributed by atoms with Gasteiger partial charge in [0.2, 0.25) is 0 Å². The zero-order valence-corrected chi connectivity index (χ0v) is 10.9. The van der Waals surface area contributed by atoms with Crippen LogP contribution < -0.4 is 10.1 Å². The Morgan fingerprint density at radius 1 is 1.38 bits per heavy atom. The Bertz CT molecular complexity index is 315. The van der Waals surface area contributed by atoms with Crippen LogP contribution in [0.25, 0.3) is 0 Å². The van der Waals surface area contributed by atoms with Gasteiger partial charge in [0.05, 0.1) is 6.04 Å². The summed E-state index contributed by atoms with van der Waals surface area (Å²) in [6.45, 7) is 6.86. The van der Waals surface area contributed by atoms with Gasteiger partial charge in [-0.05, 0) is 24.6 Å². The predicted molar refractivity (Wildman–Crippen MR) is 69.5 cm³/mol. The van der Waals surface area contributed by atoms with E-state index in [-0.39, 0.29) is 6.04 Å². The van der Waals surface area contributed by atoms with E-state index in [0.717, 1.165) is 5.75 Å². The molecule has 1 aromatic rings. The van der Waals surface area contributed by atoms with Gasteiger partial charge in [-0.2, -0.15) is 0 Å². The summed E-state index contributed by atoms with van der Waals surface area (Å²) in [5, 5.41) is 3.36. The molecule has 1 N–H and O–H groups in total. The summed E-state index contributed by atoms with van der Waals surface area (Å²) in [5.74, 6) is 1.46.